The van der Waals surface area contributed by atoms with Gasteiger partial charge >= 0.3 is 5.97 Å². The summed E-state index contributed by atoms with van der Waals surface area (Å²) in [7, 11) is 1.92. The van der Waals surface area contributed by atoms with Crippen LogP contribution in [0.1, 0.15) is 12.5 Å². The Labute approximate surface area is 117 Å². The minimum atomic E-state index is -1.21. The normalized spacial score (nSPS) is 12.3. The molecular weight excluding hydrogens is 256 g/mol. The minimum absolute atomic E-state index is 0.126. The fourth-order valence-electron chi connectivity index (χ4n) is 2.23. The number of nitrogens with zero attached hydrogens (tertiary/aromatic N) is 1. The number of rotatable bonds is 5. The Hall–Kier alpha value is -2.14. The van der Waals surface area contributed by atoms with Gasteiger partial charge in [0.05, 0.1) is 6.61 Å². The van der Waals surface area contributed by atoms with Crippen LogP contribution in [-0.2, 0) is 27.8 Å². The maximum Gasteiger partial charge on any atom is 0.330 e. The lowest BCUT2D eigenvalue weighted by molar-refractivity contribution is -0.147. The molecule has 0 amide bonds. The molecule has 0 fully saturated rings. The number of para-hydroxylation sites is 1. The third-order valence-corrected chi connectivity index (χ3v) is 3.23. The molecule has 1 atom stereocenters. The second kappa shape index (κ2) is 5.88. The molecule has 0 saturated carbocycles. The molecule has 0 aliphatic carbocycles. The number of fused-ring (bicyclic) bond motifs is 1. The lowest BCUT2D eigenvalue weighted by Crippen LogP contribution is -2.40. The van der Waals surface area contributed by atoms with Gasteiger partial charge in [-0.3, -0.25) is 4.79 Å². The Morgan fingerprint density at radius 2 is 2.05 bits per heavy atom. The fourth-order valence-corrected chi connectivity index (χ4v) is 2.23. The number of carbonyl (C=O) groups excluding carboxylic acids is 2. The quantitative estimate of drug-likeness (QED) is 0.656. The van der Waals surface area contributed by atoms with Crippen LogP contribution in [-0.4, -0.2) is 29.0 Å². The first-order valence-electron chi connectivity index (χ1n) is 6.52. The molecule has 1 aromatic carbocycles. The van der Waals surface area contributed by atoms with Crippen molar-refractivity contribution in [3.63, 3.8) is 0 Å². The summed E-state index contributed by atoms with van der Waals surface area (Å²) < 4.78 is 6.72. The molecular formula is C15H18N2O3. The largest absolute Gasteiger partial charge is 0.464 e. The summed E-state index contributed by atoms with van der Waals surface area (Å²) in [5.74, 6) is -1.00. The Morgan fingerprint density at radius 3 is 2.75 bits per heavy atom. The molecule has 1 heterocycles. The average molecular weight is 274 g/mol. The van der Waals surface area contributed by atoms with Crippen LogP contribution >= 0.6 is 0 Å². The zero-order valence-corrected chi connectivity index (χ0v) is 11.6. The smallest absolute Gasteiger partial charge is 0.330 e. The van der Waals surface area contributed by atoms with Crippen LogP contribution in [0.15, 0.2) is 30.5 Å². The van der Waals surface area contributed by atoms with Crippen molar-refractivity contribution in [1.82, 2.24) is 4.57 Å². The van der Waals surface area contributed by atoms with Gasteiger partial charge in [0.25, 0.3) is 0 Å². The third-order valence-electron chi connectivity index (χ3n) is 3.23. The van der Waals surface area contributed by atoms with E-state index in [0.717, 1.165) is 16.5 Å². The first kappa shape index (κ1) is 14.3. The van der Waals surface area contributed by atoms with Crippen LogP contribution in [0.25, 0.3) is 10.9 Å². The van der Waals surface area contributed by atoms with Crippen LogP contribution < -0.4 is 5.73 Å². The highest BCUT2D eigenvalue weighted by molar-refractivity contribution is 6.04. The number of aromatic nitrogens is 1. The van der Waals surface area contributed by atoms with Crippen molar-refractivity contribution >= 4 is 22.7 Å². The number of benzene rings is 1. The Morgan fingerprint density at radius 1 is 1.35 bits per heavy atom. The van der Waals surface area contributed by atoms with Gasteiger partial charge in [0.15, 0.2) is 11.8 Å². The van der Waals surface area contributed by atoms with Gasteiger partial charge in [-0.15, -0.1) is 0 Å². The number of ketones is 1. The second-order valence-electron chi connectivity index (χ2n) is 4.66. The van der Waals surface area contributed by atoms with Crippen molar-refractivity contribution in [2.75, 3.05) is 6.61 Å². The minimum Gasteiger partial charge on any atom is -0.464 e. The highest BCUT2D eigenvalue weighted by atomic mass is 16.5. The molecule has 0 saturated heterocycles. The number of hydrogen-bond acceptors (Lipinski definition) is 4. The number of hydrogen-bond donors (Lipinski definition) is 1. The van der Waals surface area contributed by atoms with Crippen LogP contribution in [0.4, 0.5) is 0 Å². The Kier molecular flexibility index (Phi) is 4.20. The predicted octanol–water partition coefficient (Wildman–Crippen LogP) is 1.18. The first-order valence-corrected chi connectivity index (χ1v) is 6.52. The lowest BCUT2D eigenvalue weighted by Gasteiger charge is -2.08. The van der Waals surface area contributed by atoms with Crippen molar-refractivity contribution < 1.29 is 14.3 Å². The number of esters is 1. The number of aryl methyl sites for hydroxylation is 1. The highest BCUT2D eigenvalue weighted by Crippen LogP contribution is 2.21. The molecule has 1 unspecified atom stereocenters. The monoisotopic (exact) mass is 274 g/mol. The summed E-state index contributed by atoms with van der Waals surface area (Å²) in [4.78, 5) is 23.5. The molecule has 0 bridgehead atoms. The summed E-state index contributed by atoms with van der Waals surface area (Å²) in [5, 5.41) is 0.999. The van der Waals surface area contributed by atoms with E-state index in [1.165, 1.54) is 0 Å². The SMILES string of the molecule is CCOC(=O)C(N)C(=O)Cc1cn(C)c2ccccc12. The van der Waals surface area contributed by atoms with E-state index in [2.05, 4.69) is 0 Å². The van der Waals surface area contributed by atoms with Gasteiger partial charge in [-0.2, -0.15) is 0 Å². The van der Waals surface area contributed by atoms with Crippen LogP contribution in [0.5, 0.6) is 0 Å². The molecule has 106 valence electrons. The van der Waals surface area contributed by atoms with Gasteiger partial charge in [-0.05, 0) is 18.6 Å². The zero-order valence-electron chi connectivity index (χ0n) is 11.6. The summed E-state index contributed by atoms with van der Waals surface area (Å²) in [6.07, 6.45) is 2.02. The number of Topliss-reactive ketones (excluding diaryl/α,β-unsaturated/α-hetero) is 1. The van der Waals surface area contributed by atoms with Crippen molar-refractivity contribution in [2.45, 2.75) is 19.4 Å². The zero-order chi connectivity index (χ0) is 14.7. The number of ether oxygens (including phenoxy) is 1. The molecule has 2 N–H and O–H groups in total. The molecule has 1 aromatic heterocycles. The van der Waals surface area contributed by atoms with Crippen molar-refractivity contribution in [1.29, 1.82) is 0 Å². The Bertz CT molecular complexity index is 646. The molecule has 0 spiro atoms. The van der Waals surface area contributed by atoms with Gasteiger partial charge < -0.3 is 15.0 Å². The van der Waals surface area contributed by atoms with Gasteiger partial charge in [0, 0.05) is 30.6 Å². The van der Waals surface area contributed by atoms with E-state index in [4.69, 9.17) is 10.5 Å². The van der Waals surface area contributed by atoms with E-state index in [-0.39, 0.29) is 18.8 Å². The molecule has 0 radical (unpaired) electrons. The topological polar surface area (TPSA) is 74.3 Å². The number of carbonyl (C=O) groups is 2. The summed E-state index contributed by atoms with van der Waals surface area (Å²) in [6.45, 7) is 1.90. The average Bonchev–Trinajstić information content (AvgIpc) is 2.75. The van der Waals surface area contributed by atoms with Gasteiger partial charge in [0.1, 0.15) is 0 Å². The summed E-state index contributed by atoms with van der Waals surface area (Å²) in [6, 6.07) is 6.58. The van der Waals surface area contributed by atoms with E-state index in [1.807, 2.05) is 42.1 Å². The van der Waals surface area contributed by atoms with Crippen LogP contribution in [0, 0.1) is 0 Å². The van der Waals surface area contributed by atoms with E-state index in [1.54, 1.807) is 6.92 Å². The fraction of sp³-hybridized carbons (Fsp3) is 0.333. The second-order valence-corrected chi connectivity index (χ2v) is 4.66. The van der Waals surface area contributed by atoms with Gasteiger partial charge in [-0.1, -0.05) is 18.2 Å². The maximum atomic E-state index is 12.0. The van der Waals surface area contributed by atoms with Crippen molar-refractivity contribution in [2.24, 2.45) is 12.8 Å². The summed E-state index contributed by atoms with van der Waals surface area (Å²) in [5.41, 5.74) is 7.52. The molecule has 2 aromatic rings. The molecule has 0 aliphatic rings. The van der Waals surface area contributed by atoms with Crippen LogP contribution in [0.3, 0.4) is 0 Å². The molecule has 20 heavy (non-hydrogen) atoms. The van der Waals surface area contributed by atoms with E-state index in [0.29, 0.717) is 0 Å². The standard InChI is InChI=1S/C15H18N2O3/c1-3-20-15(19)14(16)13(18)8-10-9-17(2)12-7-5-4-6-11(10)12/h4-7,9,14H,3,8,16H2,1-2H3. The highest BCUT2D eigenvalue weighted by Gasteiger charge is 2.24. The van der Waals surface area contributed by atoms with E-state index < -0.39 is 12.0 Å². The van der Waals surface area contributed by atoms with E-state index >= 15 is 0 Å². The van der Waals surface area contributed by atoms with Crippen LogP contribution in [0.2, 0.25) is 0 Å². The molecule has 2 rings (SSSR count). The predicted molar refractivity (Wildman–Crippen MR) is 76.2 cm³/mol. The first-order chi connectivity index (χ1) is 9.54. The number of nitrogens with two attached hydrogens (primary N) is 1. The molecule has 5 nitrogen and oxygen atoms in total. The lowest BCUT2D eigenvalue weighted by atomic mass is 10.0. The third kappa shape index (κ3) is 2.72. The van der Waals surface area contributed by atoms with Crippen molar-refractivity contribution in [3.8, 4) is 0 Å². The van der Waals surface area contributed by atoms with Gasteiger partial charge in [-0.25, -0.2) is 4.79 Å². The molecule has 5 heteroatoms. The van der Waals surface area contributed by atoms with E-state index in [9.17, 15) is 9.59 Å². The van der Waals surface area contributed by atoms with Crippen molar-refractivity contribution in [3.05, 3.63) is 36.0 Å². The Balaban J connectivity index is 2.20. The summed E-state index contributed by atoms with van der Waals surface area (Å²) >= 11 is 0. The molecule has 0 aliphatic heterocycles. The van der Waals surface area contributed by atoms with Gasteiger partial charge in [0.2, 0.25) is 0 Å². The maximum absolute atomic E-state index is 12.0.